The SMILES string of the molecule is CCCNC(C)c1ccc(OCCS(=O)(=O)CC)c(Cl)c1. The van der Waals surface area contributed by atoms with E-state index in [-0.39, 0.29) is 24.2 Å². The molecule has 0 aliphatic carbocycles. The molecular formula is C15H24ClNO3S. The Morgan fingerprint density at radius 3 is 2.62 bits per heavy atom. The van der Waals surface area contributed by atoms with Gasteiger partial charge in [0.1, 0.15) is 12.4 Å². The maximum absolute atomic E-state index is 11.4. The van der Waals surface area contributed by atoms with E-state index in [0.29, 0.717) is 10.8 Å². The minimum Gasteiger partial charge on any atom is -0.491 e. The van der Waals surface area contributed by atoms with E-state index < -0.39 is 9.84 Å². The van der Waals surface area contributed by atoms with Gasteiger partial charge in [-0.15, -0.1) is 0 Å². The summed E-state index contributed by atoms with van der Waals surface area (Å²) in [6.07, 6.45) is 1.07. The fourth-order valence-electron chi connectivity index (χ4n) is 1.81. The second-order valence-corrected chi connectivity index (χ2v) is 7.83. The van der Waals surface area contributed by atoms with Crippen LogP contribution in [0.3, 0.4) is 0 Å². The molecule has 0 fully saturated rings. The molecule has 1 aromatic carbocycles. The molecule has 0 saturated heterocycles. The van der Waals surface area contributed by atoms with Crippen molar-refractivity contribution in [2.24, 2.45) is 0 Å². The molecule has 1 unspecified atom stereocenters. The van der Waals surface area contributed by atoms with Crippen molar-refractivity contribution in [3.05, 3.63) is 28.8 Å². The zero-order valence-corrected chi connectivity index (χ0v) is 14.4. The summed E-state index contributed by atoms with van der Waals surface area (Å²) in [7, 11) is -3.01. The van der Waals surface area contributed by atoms with Gasteiger partial charge in [0.05, 0.1) is 10.8 Å². The molecule has 1 rings (SSSR count). The maximum Gasteiger partial charge on any atom is 0.153 e. The van der Waals surface area contributed by atoms with E-state index in [1.807, 2.05) is 12.1 Å². The molecule has 0 amide bonds. The standard InChI is InChI=1S/C15H24ClNO3S/c1-4-8-17-12(3)13-6-7-15(14(16)11-13)20-9-10-21(18,19)5-2/h6-7,11-12,17H,4-5,8-10H2,1-3H3. The summed E-state index contributed by atoms with van der Waals surface area (Å²) in [5.41, 5.74) is 1.09. The van der Waals surface area contributed by atoms with Crippen molar-refractivity contribution in [3.8, 4) is 5.75 Å². The number of sulfone groups is 1. The molecule has 0 bridgehead atoms. The number of nitrogens with one attached hydrogen (secondary N) is 1. The Balaban J connectivity index is 2.62. The first-order valence-electron chi connectivity index (χ1n) is 7.25. The minimum atomic E-state index is -3.01. The predicted molar refractivity (Wildman–Crippen MR) is 88.0 cm³/mol. The predicted octanol–water partition coefficient (Wildman–Crippen LogP) is 3.21. The first kappa shape index (κ1) is 18.3. The molecule has 0 saturated carbocycles. The molecule has 4 nitrogen and oxygen atoms in total. The van der Waals surface area contributed by atoms with Gasteiger partial charge in [-0.1, -0.05) is 31.5 Å². The Morgan fingerprint density at radius 1 is 1.33 bits per heavy atom. The average Bonchev–Trinajstić information content (AvgIpc) is 2.46. The zero-order valence-electron chi connectivity index (χ0n) is 12.9. The Morgan fingerprint density at radius 2 is 2.05 bits per heavy atom. The molecule has 0 spiro atoms. The Kier molecular flexibility index (Phi) is 7.49. The minimum absolute atomic E-state index is 0.00996. The van der Waals surface area contributed by atoms with Gasteiger partial charge in [0.2, 0.25) is 0 Å². The third kappa shape index (κ3) is 6.24. The first-order valence-corrected chi connectivity index (χ1v) is 9.45. The van der Waals surface area contributed by atoms with Gasteiger partial charge < -0.3 is 10.1 Å². The molecular weight excluding hydrogens is 310 g/mol. The van der Waals surface area contributed by atoms with Gasteiger partial charge in [-0.25, -0.2) is 8.42 Å². The van der Waals surface area contributed by atoms with Crippen molar-refractivity contribution in [2.75, 3.05) is 24.7 Å². The lowest BCUT2D eigenvalue weighted by Crippen LogP contribution is -2.19. The van der Waals surface area contributed by atoms with Gasteiger partial charge in [-0.2, -0.15) is 0 Å². The molecule has 0 radical (unpaired) electrons. The number of ether oxygens (including phenoxy) is 1. The van der Waals surface area contributed by atoms with E-state index in [0.717, 1.165) is 18.5 Å². The third-order valence-electron chi connectivity index (χ3n) is 3.25. The lowest BCUT2D eigenvalue weighted by atomic mass is 10.1. The van der Waals surface area contributed by atoms with Gasteiger partial charge in [0.25, 0.3) is 0 Å². The van der Waals surface area contributed by atoms with E-state index >= 15 is 0 Å². The van der Waals surface area contributed by atoms with E-state index in [2.05, 4.69) is 19.2 Å². The molecule has 120 valence electrons. The number of halogens is 1. The van der Waals surface area contributed by atoms with Crippen molar-refractivity contribution in [1.82, 2.24) is 5.32 Å². The van der Waals surface area contributed by atoms with Crippen molar-refractivity contribution >= 4 is 21.4 Å². The number of hydrogen-bond acceptors (Lipinski definition) is 4. The average molecular weight is 334 g/mol. The first-order chi connectivity index (χ1) is 9.89. The quantitative estimate of drug-likeness (QED) is 0.754. The summed E-state index contributed by atoms with van der Waals surface area (Å²) in [4.78, 5) is 0. The molecule has 1 aromatic rings. The highest BCUT2D eigenvalue weighted by Crippen LogP contribution is 2.28. The van der Waals surface area contributed by atoms with Crippen molar-refractivity contribution < 1.29 is 13.2 Å². The van der Waals surface area contributed by atoms with Gasteiger partial charge in [0, 0.05) is 11.8 Å². The third-order valence-corrected chi connectivity index (χ3v) is 5.21. The van der Waals surface area contributed by atoms with Crippen LogP contribution in [0.2, 0.25) is 5.02 Å². The summed E-state index contributed by atoms with van der Waals surface area (Å²) in [5.74, 6) is 0.661. The smallest absolute Gasteiger partial charge is 0.153 e. The second kappa shape index (κ2) is 8.61. The van der Waals surface area contributed by atoms with Crippen LogP contribution in [0.5, 0.6) is 5.75 Å². The van der Waals surface area contributed by atoms with Crippen molar-refractivity contribution in [1.29, 1.82) is 0 Å². The van der Waals surface area contributed by atoms with Crippen LogP contribution in [-0.2, 0) is 9.84 Å². The van der Waals surface area contributed by atoms with E-state index in [4.69, 9.17) is 16.3 Å². The lowest BCUT2D eigenvalue weighted by molar-refractivity contribution is 0.341. The van der Waals surface area contributed by atoms with Crippen LogP contribution in [0.4, 0.5) is 0 Å². The highest BCUT2D eigenvalue weighted by Gasteiger charge is 2.11. The number of hydrogen-bond donors (Lipinski definition) is 1. The number of rotatable bonds is 9. The number of benzene rings is 1. The molecule has 6 heteroatoms. The molecule has 1 N–H and O–H groups in total. The Bertz CT molecular complexity index is 546. The molecule has 0 aliphatic heterocycles. The molecule has 1 atom stereocenters. The van der Waals surface area contributed by atoms with Crippen LogP contribution in [0.25, 0.3) is 0 Å². The van der Waals surface area contributed by atoms with E-state index in [9.17, 15) is 8.42 Å². The van der Waals surface area contributed by atoms with Crippen molar-refractivity contribution in [3.63, 3.8) is 0 Å². The van der Waals surface area contributed by atoms with E-state index in [1.54, 1.807) is 13.0 Å². The van der Waals surface area contributed by atoms with Crippen LogP contribution < -0.4 is 10.1 Å². The van der Waals surface area contributed by atoms with Crippen LogP contribution in [-0.4, -0.2) is 33.1 Å². The summed E-state index contributed by atoms with van der Waals surface area (Å²) in [6, 6.07) is 5.82. The highest BCUT2D eigenvalue weighted by atomic mass is 35.5. The molecule has 0 heterocycles. The highest BCUT2D eigenvalue weighted by molar-refractivity contribution is 7.91. The van der Waals surface area contributed by atoms with Gasteiger partial charge >= 0.3 is 0 Å². The molecule has 0 aliphatic rings. The van der Waals surface area contributed by atoms with Gasteiger partial charge in [-0.05, 0) is 37.6 Å². The van der Waals surface area contributed by atoms with Crippen LogP contribution in [0, 0.1) is 0 Å². The Labute approximate surface area is 132 Å². The monoisotopic (exact) mass is 333 g/mol. The zero-order chi connectivity index (χ0) is 15.9. The maximum atomic E-state index is 11.4. The summed E-state index contributed by atoms with van der Waals surface area (Å²) >= 11 is 6.19. The van der Waals surface area contributed by atoms with Gasteiger partial charge in [0.15, 0.2) is 9.84 Å². The Hall–Kier alpha value is -0.780. The summed E-state index contributed by atoms with van der Waals surface area (Å²) in [5, 5.41) is 3.89. The fourth-order valence-corrected chi connectivity index (χ4v) is 2.67. The summed E-state index contributed by atoms with van der Waals surface area (Å²) in [6.45, 7) is 6.90. The largest absolute Gasteiger partial charge is 0.491 e. The summed E-state index contributed by atoms with van der Waals surface area (Å²) < 4.78 is 28.3. The van der Waals surface area contributed by atoms with Crippen LogP contribution >= 0.6 is 11.6 Å². The fraction of sp³-hybridized carbons (Fsp3) is 0.600. The lowest BCUT2D eigenvalue weighted by Gasteiger charge is -2.15. The topological polar surface area (TPSA) is 55.4 Å². The van der Waals surface area contributed by atoms with E-state index in [1.165, 1.54) is 0 Å². The van der Waals surface area contributed by atoms with Gasteiger partial charge in [-0.3, -0.25) is 0 Å². The molecule has 21 heavy (non-hydrogen) atoms. The normalized spacial score (nSPS) is 13.1. The molecule has 0 aromatic heterocycles. The van der Waals surface area contributed by atoms with Crippen LogP contribution in [0.1, 0.15) is 38.8 Å². The van der Waals surface area contributed by atoms with Crippen LogP contribution in [0.15, 0.2) is 18.2 Å². The van der Waals surface area contributed by atoms with Crippen molar-refractivity contribution in [2.45, 2.75) is 33.2 Å². The second-order valence-electron chi connectivity index (χ2n) is 4.95.